The Balaban J connectivity index is 1.63. The predicted octanol–water partition coefficient (Wildman–Crippen LogP) is 7.11. The van der Waals surface area contributed by atoms with Crippen LogP contribution in [0.5, 0.6) is 0 Å². The molecule has 1 aliphatic heterocycles. The van der Waals surface area contributed by atoms with Crippen molar-refractivity contribution in [3.63, 3.8) is 0 Å². The van der Waals surface area contributed by atoms with E-state index in [2.05, 4.69) is 29.2 Å². The first-order chi connectivity index (χ1) is 12.8. The molecule has 136 valence electrons. The average molecular weight is 366 g/mol. The van der Waals surface area contributed by atoms with Crippen molar-refractivity contribution in [2.75, 3.05) is 6.54 Å². The van der Waals surface area contributed by atoms with Crippen LogP contribution in [-0.4, -0.2) is 11.4 Å². The molecule has 0 unspecified atom stereocenters. The summed E-state index contributed by atoms with van der Waals surface area (Å²) >= 11 is 6.36. The molecule has 0 bridgehead atoms. The Kier molecular flexibility index (Phi) is 4.44. The minimum absolute atomic E-state index is 0.843. The molecule has 3 aliphatic carbocycles. The molecule has 0 spiro atoms. The minimum atomic E-state index is 0.843. The zero-order valence-electron chi connectivity index (χ0n) is 15.6. The quantitative estimate of drug-likeness (QED) is 0.551. The zero-order chi connectivity index (χ0) is 17.5. The molecule has 0 saturated heterocycles. The fourth-order valence-electron chi connectivity index (χ4n) is 4.88. The molecule has 2 heteroatoms. The van der Waals surface area contributed by atoms with Crippen molar-refractivity contribution in [1.29, 1.82) is 0 Å². The zero-order valence-corrected chi connectivity index (χ0v) is 16.3. The summed E-state index contributed by atoms with van der Waals surface area (Å²) in [6.45, 7) is 1.23. The van der Waals surface area contributed by atoms with Crippen molar-refractivity contribution in [3.8, 4) is 0 Å². The lowest BCUT2D eigenvalue weighted by Gasteiger charge is -2.44. The van der Waals surface area contributed by atoms with Gasteiger partial charge >= 0.3 is 0 Å². The van der Waals surface area contributed by atoms with Gasteiger partial charge in [-0.05, 0) is 98.6 Å². The number of allylic oxidation sites excluding steroid dienone is 5. The standard InChI is InChI=1S/C24H28ClN/c25-21-12-5-11-19(14-21)22-15-20-8-1-2-13-23(20)26(16-17-6-3-7-17)24(22)18-9-4-10-18/h5,11-12,14-15,17H,1-4,6-10,13,16H2. The number of nitrogens with zero attached hydrogens (tertiary/aromatic N) is 1. The Hall–Kier alpha value is -1.47. The van der Waals surface area contributed by atoms with E-state index in [-0.39, 0.29) is 0 Å². The van der Waals surface area contributed by atoms with E-state index in [1.165, 1.54) is 81.9 Å². The highest BCUT2D eigenvalue weighted by Gasteiger charge is 2.33. The molecule has 2 saturated carbocycles. The highest BCUT2D eigenvalue weighted by Crippen LogP contribution is 2.47. The maximum Gasteiger partial charge on any atom is 0.0480 e. The van der Waals surface area contributed by atoms with Gasteiger partial charge in [-0.25, -0.2) is 0 Å². The molecular weight excluding hydrogens is 338 g/mol. The lowest BCUT2D eigenvalue weighted by atomic mass is 9.79. The van der Waals surface area contributed by atoms with Crippen LogP contribution in [0.1, 0.15) is 69.8 Å². The van der Waals surface area contributed by atoms with Gasteiger partial charge in [0.05, 0.1) is 0 Å². The summed E-state index contributed by atoms with van der Waals surface area (Å²) in [7, 11) is 0. The third-order valence-electron chi connectivity index (χ3n) is 6.74. The van der Waals surface area contributed by atoms with E-state index in [0.29, 0.717) is 0 Å². The van der Waals surface area contributed by atoms with Gasteiger partial charge in [-0.1, -0.05) is 30.2 Å². The van der Waals surface area contributed by atoms with Crippen LogP contribution in [0.25, 0.3) is 5.57 Å². The van der Waals surface area contributed by atoms with Gasteiger partial charge in [-0.15, -0.1) is 0 Å². The highest BCUT2D eigenvalue weighted by atomic mass is 35.5. The van der Waals surface area contributed by atoms with E-state index >= 15 is 0 Å². The molecule has 26 heavy (non-hydrogen) atoms. The number of hydrogen-bond acceptors (Lipinski definition) is 1. The lowest BCUT2D eigenvalue weighted by Crippen LogP contribution is -2.36. The second-order valence-corrected chi connectivity index (χ2v) is 8.90. The smallest absolute Gasteiger partial charge is 0.0480 e. The van der Waals surface area contributed by atoms with Crippen LogP contribution in [-0.2, 0) is 0 Å². The fourth-order valence-corrected chi connectivity index (χ4v) is 5.07. The van der Waals surface area contributed by atoms with Gasteiger partial charge in [0, 0.05) is 28.5 Å². The van der Waals surface area contributed by atoms with E-state index < -0.39 is 0 Å². The number of hydrogen-bond donors (Lipinski definition) is 0. The molecule has 0 aromatic heterocycles. The van der Waals surface area contributed by atoms with Crippen LogP contribution >= 0.6 is 11.6 Å². The van der Waals surface area contributed by atoms with E-state index in [0.717, 1.165) is 10.9 Å². The summed E-state index contributed by atoms with van der Waals surface area (Å²) in [4.78, 5) is 2.77. The van der Waals surface area contributed by atoms with Crippen molar-refractivity contribution >= 4 is 17.2 Å². The van der Waals surface area contributed by atoms with Gasteiger partial charge in [-0.3, -0.25) is 0 Å². The Morgan fingerprint density at radius 2 is 1.81 bits per heavy atom. The van der Waals surface area contributed by atoms with Crippen LogP contribution in [0.4, 0.5) is 0 Å². The molecule has 2 fully saturated rings. The number of halogens is 1. The summed E-state index contributed by atoms with van der Waals surface area (Å²) in [6.07, 6.45) is 15.9. The number of rotatable bonds is 3. The SMILES string of the molecule is Clc1cccc(C2=CC3=C(CCCC3)N(CC3CCC3)C2=C2CCC2)c1. The van der Waals surface area contributed by atoms with E-state index in [4.69, 9.17) is 11.6 Å². The molecule has 0 N–H and O–H groups in total. The van der Waals surface area contributed by atoms with E-state index in [1.54, 1.807) is 22.5 Å². The average Bonchev–Trinajstić information content (AvgIpc) is 2.57. The first-order valence-electron chi connectivity index (χ1n) is 10.5. The van der Waals surface area contributed by atoms with E-state index in [9.17, 15) is 0 Å². The molecule has 0 amide bonds. The van der Waals surface area contributed by atoms with Gasteiger partial charge in [0.1, 0.15) is 0 Å². The Morgan fingerprint density at radius 1 is 0.962 bits per heavy atom. The Morgan fingerprint density at radius 3 is 2.50 bits per heavy atom. The molecule has 1 nitrogen and oxygen atoms in total. The van der Waals surface area contributed by atoms with Crippen molar-refractivity contribution < 1.29 is 0 Å². The summed E-state index contributed by atoms with van der Waals surface area (Å²) < 4.78 is 0. The maximum atomic E-state index is 6.36. The molecule has 4 aliphatic rings. The van der Waals surface area contributed by atoms with Gasteiger partial charge in [0.2, 0.25) is 0 Å². The predicted molar refractivity (Wildman–Crippen MR) is 110 cm³/mol. The normalized spacial score (nSPS) is 23.4. The summed E-state index contributed by atoms with van der Waals surface area (Å²) in [5.41, 5.74) is 9.18. The third kappa shape index (κ3) is 2.95. The van der Waals surface area contributed by atoms with Crippen LogP contribution in [0.3, 0.4) is 0 Å². The van der Waals surface area contributed by atoms with Crippen molar-refractivity contribution in [3.05, 3.63) is 63.5 Å². The third-order valence-corrected chi connectivity index (χ3v) is 6.98. The molecule has 0 radical (unpaired) electrons. The minimum Gasteiger partial charge on any atom is -0.344 e. The van der Waals surface area contributed by atoms with Gasteiger partial charge < -0.3 is 4.90 Å². The van der Waals surface area contributed by atoms with Crippen molar-refractivity contribution in [2.24, 2.45) is 5.92 Å². The molecule has 0 atom stereocenters. The largest absolute Gasteiger partial charge is 0.344 e. The van der Waals surface area contributed by atoms with Crippen LogP contribution in [0.15, 0.2) is 52.9 Å². The highest BCUT2D eigenvalue weighted by molar-refractivity contribution is 6.30. The van der Waals surface area contributed by atoms with Gasteiger partial charge in [0.15, 0.2) is 0 Å². The first-order valence-corrected chi connectivity index (χ1v) is 10.9. The summed E-state index contributed by atoms with van der Waals surface area (Å²) in [5.74, 6) is 0.889. The summed E-state index contributed by atoms with van der Waals surface area (Å²) in [5, 5.41) is 0.843. The molecular formula is C24H28ClN. The van der Waals surface area contributed by atoms with Crippen LogP contribution in [0, 0.1) is 5.92 Å². The second-order valence-electron chi connectivity index (χ2n) is 8.46. The van der Waals surface area contributed by atoms with Crippen molar-refractivity contribution in [1.82, 2.24) is 4.90 Å². The molecule has 5 rings (SSSR count). The number of benzene rings is 1. The van der Waals surface area contributed by atoms with Gasteiger partial charge in [-0.2, -0.15) is 0 Å². The van der Waals surface area contributed by atoms with Gasteiger partial charge in [0.25, 0.3) is 0 Å². The fraction of sp³-hybridized carbons (Fsp3) is 0.500. The van der Waals surface area contributed by atoms with Crippen LogP contribution < -0.4 is 0 Å². The van der Waals surface area contributed by atoms with Crippen molar-refractivity contribution in [2.45, 2.75) is 64.2 Å². The maximum absolute atomic E-state index is 6.36. The molecule has 1 aromatic rings. The Bertz CT molecular complexity index is 803. The second kappa shape index (κ2) is 6.93. The monoisotopic (exact) mass is 365 g/mol. The summed E-state index contributed by atoms with van der Waals surface area (Å²) in [6, 6.07) is 8.49. The van der Waals surface area contributed by atoms with Crippen LogP contribution in [0.2, 0.25) is 5.02 Å². The first kappa shape index (κ1) is 16.7. The van der Waals surface area contributed by atoms with E-state index in [1.807, 2.05) is 6.07 Å². The lowest BCUT2D eigenvalue weighted by molar-refractivity contribution is 0.232. The molecule has 1 heterocycles. The molecule has 1 aromatic carbocycles. The topological polar surface area (TPSA) is 3.24 Å². The Labute approximate surface area is 162 Å².